The first-order valence-electron chi connectivity index (χ1n) is 20.8. The minimum atomic E-state index is -1.53. The summed E-state index contributed by atoms with van der Waals surface area (Å²) in [6.45, 7) is 18.1. The summed E-state index contributed by atoms with van der Waals surface area (Å²) in [5.74, 6) is 0.456. The van der Waals surface area contributed by atoms with Gasteiger partial charge in [-0.1, -0.05) is 129 Å². The number of hydrogen-bond acceptors (Lipinski definition) is 10. The van der Waals surface area contributed by atoms with E-state index < -0.39 is 48.1 Å². The number of likely N-dealkylation sites (N-methyl/N-ethyl adjacent to an activating group) is 1. The van der Waals surface area contributed by atoms with Gasteiger partial charge in [0.1, 0.15) is 23.9 Å². The average Bonchev–Trinajstić information content (AvgIpc) is 3.12. The summed E-state index contributed by atoms with van der Waals surface area (Å²) in [6.07, 6.45) is 23.1. The number of nitrogens with zero attached hydrogens (tertiary/aromatic N) is 1. The minimum Gasteiger partial charge on any atom is -0.388 e. The first-order valence-corrected chi connectivity index (χ1v) is 20.8. The van der Waals surface area contributed by atoms with Crippen molar-refractivity contribution in [2.24, 2.45) is 17.6 Å². The molecular weight excluding hydrogens is 735 g/mol. The lowest BCUT2D eigenvalue weighted by Gasteiger charge is -2.48. The second-order valence-electron chi connectivity index (χ2n) is 17.1. The number of amides is 1. The van der Waals surface area contributed by atoms with E-state index in [4.69, 9.17) is 24.7 Å². The molecule has 1 amide bonds. The lowest BCUT2D eigenvalue weighted by atomic mass is 9.85. The Balaban J connectivity index is 1.87. The van der Waals surface area contributed by atoms with E-state index in [1.54, 1.807) is 44.2 Å². The maximum Gasteiger partial charge on any atom is 0.247 e. The Morgan fingerprint density at radius 3 is 2.34 bits per heavy atom. The van der Waals surface area contributed by atoms with E-state index in [2.05, 4.69) is 32.2 Å². The Labute approximate surface area is 348 Å². The van der Waals surface area contributed by atoms with Crippen LogP contribution in [0.2, 0.25) is 0 Å². The number of allylic oxidation sites excluding steroid dienone is 14. The average molecular weight is 808 g/mol. The van der Waals surface area contributed by atoms with Crippen LogP contribution in [0, 0.1) is 11.8 Å². The Kier molecular flexibility index (Phi) is 19.4. The fourth-order valence-corrected chi connectivity index (χ4v) is 7.54. The maximum atomic E-state index is 13.3. The molecule has 3 heterocycles. The molecule has 58 heavy (non-hydrogen) atoms. The normalized spacial score (nSPS) is 35.7. The van der Waals surface area contributed by atoms with Crippen LogP contribution in [0.3, 0.4) is 0 Å². The topological polar surface area (TPSA) is 156 Å². The monoisotopic (exact) mass is 808 g/mol. The second kappa shape index (κ2) is 23.0. The Hall–Kier alpha value is -3.23. The van der Waals surface area contributed by atoms with E-state index in [1.165, 1.54) is 0 Å². The third kappa shape index (κ3) is 15.4. The summed E-state index contributed by atoms with van der Waals surface area (Å²) >= 11 is 0. The zero-order valence-corrected chi connectivity index (χ0v) is 36.8. The number of ether oxygens (including phenoxy) is 4. The molecule has 12 unspecified atom stereocenters. The lowest BCUT2D eigenvalue weighted by molar-refractivity contribution is -0.310. The van der Waals surface area contributed by atoms with Crippen LogP contribution in [0.4, 0.5) is 0 Å². The fraction of sp³-hybridized carbons (Fsp3) is 0.596. The van der Waals surface area contributed by atoms with E-state index in [0.29, 0.717) is 18.9 Å². The molecule has 2 fully saturated rings. The van der Waals surface area contributed by atoms with Gasteiger partial charge in [-0.2, -0.15) is 0 Å². The van der Waals surface area contributed by atoms with Crippen molar-refractivity contribution >= 4 is 5.91 Å². The summed E-state index contributed by atoms with van der Waals surface area (Å²) in [5.41, 5.74) is 7.66. The molecule has 0 aromatic carbocycles. The molecule has 324 valence electrons. The highest BCUT2D eigenvalue weighted by Crippen LogP contribution is 2.34. The van der Waals surface area contributed by atoms with Crippen LogP contribution < -0.4 is 11.1 Å². The van der Waals surface area contributed by atoms with Crippen LogP contribution in [0.5, 0.6) is 0 Å². The molecule has 12 atom stereocenters. The van der Waals surface area contributed by atoms with Gasteiger partial charge >= 0.3 is 0 Å². The highest BCUT2D eigenvalue weighted by molar-refractivity contribution is 5.93. The number of rotatable bonds is 8. The molecule has 3 aliphatic heterocycles. The first kappa shape index (κ1) is 49.1. The molecule has 3 aliphatic rings. The zero-order valence-electron chi connectivity index (χ0n) is 36.8. The van der Waals surface area contributed by atoms with Gasteiger partial charge in [0.05, 0.1) is 30.4 Å². The highest BCUT2D eigenvalue weighted by atomic mass is 16.7. The molecule has 0 radical (unpaired) electrons. The van der Waals surface area contributed by atoms with Crippen LogP contribution in [0.25, 0.3) is 0 Å². The number of nitrogens with two attached hydrogens (primary N) is 1. The van der Waals surface area contributed by atoms with Gasteiger partial charge in [0.25, 0.3) is 0 Å². The van der Waals surface area contributed by atoms with Crippen LogP contribution >= 0.6 is 0 Å². The van der Waals surface area contributed by atoms with Gasteiger partial charge in [0.2, 0.25) is 5.91 Å². The van der Waals surface area contributed by atoms with Gasteiger partial charge in [0, 0.05) is 18.5 Å². The van der Waals surface area contributed by atoms with Crippen molar-refractivity contribution in [1.29, 1.82) is 0 Å². The summed E-state index contributed by atoms with van der Waals surface area (Å²) in [6, 6.07) is -1.26. The van der Waals surface area contributed by atoms with Gasteiger partial charge in [-0.15, -0.1) is 0 Å². The van der Waals surface area contributed by atoms with Crippen molar-refractivity contribution in [2.45, 2.75) is 142 Å². The van der Waals surface area contributed by atoms with Crippen molar-refractivity contribution in [3.8, 4) is 0 Å². The molecule has 6 N–H and O–H groups in total. The molecular formula is C47H73N3O8. The molecule has 0 spiro atoms. The second-order valence-corrected chi connectivity index (χ2v) is 17.1. The summed E-state index contributed by atoms with van der Waals surface area (Å²) in [4.78, 5) is 15.3. The van der Waals surface area contributed by atoms with Gasteiger partial charge in [0.15, 0.2) is 12.6 Å². The zero-order chi connectivity index (χ0) is 43.2. The number of carbonyl (C=O) groups excluding carboxylic acids is 1. The van der Waals surface area contributed by atoms with E-state index in [-0.39, 0.29) is 37.0 Å². The van der Waals surface area contributed by atoms with E-state index >= 15 is 0 Å². The third-order valence-electron chi connectivity index (χ3n) is 10.9. The minimum absolute atomic E-state index is 0.0456. The van der Waals surface area contributed by atoms with E-state index in [0.717, 1.165) is 28.7 Å². The summed E-state index contributed by atoms with van der Waals surface area (Å²) in [5, 5.41) is 37.4. The maximum absolute atomic E-state index is 13.3. The molecule has 11 nitrogen and oxygen atoms in total. The molecule has 0 aliphatic carbocycles. The van der Waals surface area contributed by atoms with Crippen LogP contribution in [0.15, 0.2) is 107 Å². The molecule has 0 aromatic rings. The predicted octanol–water partition coefficient (Wildman–Crippen LogP) is 6.12. The largest absolute Gasteiger partial charge is 0.388 e. The SMILES string of the molecule is CCC(C)CC1=CC(C)=CC=CC=CC(C)(O)C(OC2OCC(OC3CC(C)(O)C(N(C)C)C(C)O3)C(O)C2N)C=CC=CC(C)=CC=CC(C)=CC(C)CNC1=O. The van der Waals surface area contributed by atoms with Gasteiger partial charge in [-0.05, 0) is 73.9 Å². The number of nitrogens with one attached hydrogen (secondary N) is 1. The quantitative estimate of drug-likeness (QED) is 0.194. The van der Waals surface area contributed by atoms with E-state index in [9.17, 15) is 20.1 Å². The number of aliphatic hydroxyl groups is 3. The summed E-state index contributed by atoms with van der Waals surface area (Å²) in [7, 11) is 3.79. The highest BCUT2D eigenvalue weighted by Gasteiger charge is 2.48. The number of hydrogen-bond donors (Lipinski definition) is 5. The Morgan fingerprint density at radius 2 is 1.67 bits per heavy atom. The van der Waals surface area contributed by atoms with Crippen LogP contribution in [0.1, 0.15) is 81.6 Å². The van der Waals surface area contributed by atoms with Crippen molar-refractivity contribution in [3.63, 3.8) is 0 Å². The molecule has 0 bridgehead atoms. The Bertz CT molecular complexity index is 1620. The van der Waals surface area contributed by atoms with Crippen molar-refractivity contribution < 1.29 is 39.1 Å². The fourth-order valence-electron chi connectivity index (χ4n) is 7.54. The van der Waals surface area contributed by atoms with Crippen LogP contribution in [-0.4, -0.2) is 114 Å². The van der Waals surface area contributed by atoms with Crippen molar-refractivity contribution in [2.75, 3.05) is 27.2 Å². The standard InChI is InChI=1S/C47H73N3O8/c1-12-31(2)26-37-27-34(5)20-14-13-17-24-46(8,53)39(23-16-15-19-32(3)21-18-22-33(4)25-35(6)29-49-44(37)52)58-45-41(48)42(51)38(30-55-45)57-40-28-47(9,54)43(50(10)11)36(7)56-40/h13-25,27,31,35-36,38-43,45,51,53-54H,12,26,28-30,48H2,1-11H3,(H,49,52). The lowest BCUT2D eigenvalue weighted by Crippen LogP contribution is -2.63. The predicted molar refractivity (Wildman–Crippen MR) is 232 cm³/mol. The van der Waals surface area contributed by atoms with Gasteiger partial charge in [-0.25, -0.2) is 0 Å². The van der Waals surface area contributed by atoms with E-state index in [1.807, 2.05) is 95.3 Å². The molecule has 2 saturated heterocycles. The third-order valence-corrected chi connectivity index (χ3v) is 10.9. The van der Waals surface area contributed by atoms with Crippen molar-refractivity contribution in [3.05, 3.63) is 107 Å². The number of aliphatic hydroxyl groups excluding tert-OH is 1. The van der Waals surface area contributed by atoms with Crippen LogP contribution in [-0.2, 0) is 23.7 Å². The summed E-state index contributed by atoms with van der Waals surface area (Å²) < 4.78 is 24.6. The molecule has 0 saturated carbocycles. The van der Waals surface area contributed by atoms with Gasteiger partial charge in [-0.3, -0.25) is 4.79 Å². The molecule has 0 aromatic heterocycles. The number of carbonyl (C=O) groups is 1. The molecule has 3 rings (SSSR count). The first-order chi connectivity index (χ1) is 27.2. The van der Waals surface area contributed by atoms with Crippen molar-refractivity contribution in [1.82, 2.24) is 10.2 Å². The Morgan fingerprint density at radius 1 is 0.983 bits per heavy atom. The smallest absolute Gasteiger partial charge is 0.247 e. The molecule has 11 heteroatoms. The van der Waals surface area contributed by atoms with Gasteiger partial charge < -0.3 is 50.2 Å².